The molecule has 0 unspecified atom stereocenters. The molecule has 122 valence electrons. The van der Waals surface area contributed by atoms with Crippen molar-refractivity contribution in [3.05, 3.63) is 12.5 Å². The molecule has 0 saturated carbocycles. The zero-order chi connectivity index (χ0) is 16.1. The topological polar surface area (TPSA) is 87.5 Å². The van der Waals surface area contributed by atoms with Crippen LogP contribution in [0.4, 0.5) is 0 Å². The Hall–Kier alpha value is -1.45. The Labute approximate surface area is 130 Å². The molecule has 3 heterocycles. The first kappa shape index (κ1) is 15.4. The second kappa shape index (κ2) is 5.32. The Kier molecular flexibility index (Phi) is 3.74. The van der Waals surface area contributed by atoms with Crippen molar-refractivity contribution < 1.29 is 13.2 Å². The summed E-state index contributed by atoms with van der Waals surface area (Å²) in [7, 11) is 1.71. The van der Waals surface area contributed by atoms with E-state index < -0.39 is 10.0 Å². The molecule has 1 amide bonds. The first-order chi connectivity index (χ1) is 10.3. The van der Waals surface area contributed by atoms with Crippen LogP contribution in [0.15, 0.2) is 17.6 Å². The molecule has 9 heteroatoms. The van der Waals surface area contributed by atoms with E-state index in [4.69, 9.17) is 0 Å². The molecule has 2 aliphatic heterocycles. The second-order valence-electron chi connectivity index (χ2n) is 6.06. The Morgan fingerprint density at radius 3 is 2.64 bits per heavy atom. The lowest BCUT2D eigenvalue weighted by molar-refractivity contribution is -0.125. The van der Waals surface area contributed by atoms with Crippen LogP contribution in [-0.2, 0) is 21.9 Å². The van der Waals surface area contributed by atoms with Gasteiger partial charge in [0.05, 0.1) is 12.4 Å². The number of aromatic nitrogens is 2. The van der Waals surface area contributed by atoms with Crippen LogP contribution in [0.5, 0.6) is 0 Å². The number of carbonyl (C=O) groups is 1. The van der Waals surface area contributed by atoms with E-state index in [-0.39, 0.29) is 28.9 Å². The van der Waals surface area contributed by atoms with Gasteiger partial charge in [-0.15, -0.1) is 0 Å². The van der Waals surface area contributed by atoms with E-state index in [1.165, 1.54) is 16.8 Å². The van der Waals surface area contributed by atoms with Gasteiger partial charge in [-0.05, 0) is 19.4 Å². The Morgan fingerprint density at radius 2 is 2.09 bits per heavy atom. The number of nitrogens with zero attached hydrogens (tertiary/aromatic N) is 4. The number of nitrogens with one attached hydrogen (secondary N) is 1. The fourth-order valence-corrected chi connectivity index (χ4v) is 4.98. The predicted molar refractivity (Wildman–Crippen MR) is 79.5 cm³/mol. The molecule has 22 heavy (non-hydrogen) atoms. The lowest BCUT2D eigenvalue weighted by Crippen LogP contribution is -2.45. The van der Waals surface area contributed by atoms with Crippen molar-refractivity contribution in [2.75, 3.05) is 27.2 Å². The number of fused-ring (bicyclic) bond motifs is 1. The van der Waals surface area contributed by atoms with Gasteiger partial charge in [0.25, 0.3) is 10.0 Å². The van der Waals surface area contributed by atoms with Crippen molar-refractivity contribution in [1.29, 1.82) is 0 Å². The highest BCUT2D eigenvalue weighted by Crippen LogP contribution is 2.36. The summed E-state index contributed by atoms with van der Waals surface area (Å²) in [5.41, 5.74) is 0. The standard InChI is InChI=1S/C13H21N5O3S/c1-14-13(19)10-4-9-5-18(6-11(9)17(10)3)22(20,21)12-7-16(2)8-15-12/h7-11H,4-6H2,1-3H3,(H,14,19)/t9-,10-,11+/m0/s1. The number of rotatable bonds is 3. The quantitative estimate of drug-likeness (QED) is 0.758. The van der Waals surface area contributed by atoms with Crippen LogP contribution in [-0.4, -0.2) is 72.3 Å². The number of imidazole rings is 1. The number of hydrogen-bond acceptors (Lipinski definition) is 5. The van der Waals surface area contributed by atoms with Crippen LogP contribution < -0.4 is 5.32 Å². The molecule has 1 aromatic heterocycles. The maximum Gasteiger partial charge on any atom is 0.262 e. The normalized spacial score (nSPS) is 29.7. The van der Waals surface area contributed by atoms with Gasteiger partial charge < -0.3 is 9.88 Å². The Bertz CT molecular complexity index is 686. The summed E-state index contributed by atoms with van der Waals surface area (Å²) in [4.78, 5) is 17.8. The zero-order valence-electron chi connectivity index (χ0n) is 12.9. The van der Waals surface area contributed by atoms with E-state index in [1.807, 2.05) is 11.9 Å². The van der Waals surface area contributed by atoms with Gasteiger partial charge >= 0.3 is 0 Å². The van der Waals surface area contributed by atoms with Crippen LogP contribution in [0.25, 0.3) is 0 Å². The summed E-state index contributed by atoms with van der Waals surface area (Å²) in [6.45, 7) is 0.856. The molecule has 0 radical (unpaired) electrons. The van der Waals surface area contributed by atoms with Crippen molar-refractivity contribution in [3.63, 3.8) is 0 Å². The highest BCUT2D eigenvalue weighted by Gasteiger charge is 2.49. The van der Waals surface area contributed by atoms with Gasteiger partial charge in [0.15, 0.2) is 5.03 Å². The molecular formula is C13H21N5O3S. The molecule has 2 saturated heterocycles. The molecule has 1 aromatic rings. The number of amides is 1. The first-order valence-electron chi connectivity index (χ1n) is 7.26. The molecular weight excluding hydrogens is 306 g/mol. The Balaban J connectivity index is 1.77. The van der Waals surface area contributed by atoms with Crippen molar-refractivity contribution in [2.45, 2.75) is 23.5 Å². The van der Waals surface area contributed by atoms with Crippen molar-refractivity contribution >= 4 is 15.9 Å². The Morgan fingerprint density at radius 1 is 1.36 bits per heavy atom. The smallest absolute Gasteiger partial charge is 0.262 e. The number of hydrogen-bond donors (Lipinski definition) is 1. The van der Waals surface area contributed by atoms with E-state index >= 15 is 0 Å². The number of likely N-dealkylation sites (tertiary alicyclic amines) is 1. The van der Waals surface area contributed by atoms with Crippen LogP contribution in [0.2, 0.25) is 0 Å². The van der Waals surface area contributed by atoms with Gasteiger partial charge in [-0.25, -0.2) is 13.4 Å². The molecule has 1 N–H and O–H groups in total. The minimum absolute atomic E-state index is 0.00367. The van der Waals surface area contributed by atoms with E-state index in [0.29, 0.717) is 19.5 Å². The zero-order valence-corrected chi connectivity index (χ0v) is 13.7. The summed E-state index contributed by atoms with van der Waals surface area (Å²) in [5, 5.41) is 2.76. The molecule has 0 bridgehead atoms. The van der Waals surface area contributed by atoms with Crippen LogP contribution in [0.3, 0.4) is 0 Å². The molecule has 2 fully saturated rings. The van der Waals surface area contributed by atoms with Gasteiger partial charge in [-0.1, -0.05) is 0 Å². The molecule has 0 spiro atoms. The minimum atomic E-state index is -3.55. The maximum atomic E-state index is 12.6. The first-order valence-corrected chi connectivity index (χ1v) is 8.70. The van der Waals surface area contributed by atoms with Gasteiger partial charge in [-0.3, -0.25) is 9.69 Å². The molecule has 0 aromatic carbocycles. The molecule has 3 rings (SSSR count). The summed E-state index contributed by atoms with van der Waals surface area (Å²) >= 11 is 0. The third-order valence-electron chi connectivity index (χ3n) is 4.75. The molecule has 0 aliphatic carbocycles. The van der Waals surface area contributed by atoms with Crippen molar-refractivity contribution in [2.24, 2.45) is 13.0 Å². The van der Waals surface area contributed by atoms with E-state index in [1.54, 1.807) is 18.7 Å². The highest BCUT2D eigenvalue weighted by molar-refractivity contribution is 7.89. The summed E-state index contributed by atoms with van der Waals surface area (Å²) < 4.78 is 28.3. The summed E-state index contributed by atoms with van der Waals surface area (Å²) in [6, 6.07) is -0.0829. The molecule has 8 nitrogen and oxygen atoms in total. The van der Waals surface area contributed by atoms with Crippen LogP contribution >= 0.6 is 0 Å². The summed E-state index contributed by atoms with van der Waals surface area (Å²) in [5.74, 6) is 0.182. The largest absolute Gasteiger partial charge is 0.358 e. The lowest BCUT2D eigenvalue weighted by atomic mass is 10.0. The second-order valence-corrected chi connectivity index (χ2v) is 7.94. The fourth-order valence-electron chi connectivity index (χ4n) is 3.50. The van der Waals surface area contributed by atoms with Gasteiger partial charge in [0.2, 0.25) is 5.91 Å². The molecule has 3 atom stereocenters. The van der Waals surface area contributed by atoms with Crippen LogP contribution in [0.1, 0.15) is 6.42 Å². The number of carbonyl (C=O) groups excluding carboxylic acids is 1. The summed E-state index contributed by atoms with van der Waals surface area (Å²) in [6.07, 6.45) is 3.69. The number of sulfonamides is 1. The monoisotopic (exact) mass is 327 g/mol. The number of likely N-dealkylation sites (N-methyl/N-ethyl adjacent to an activating group) is 2. The highest BCUT2D eigenvalue weighted by atomic mass is 32.2. The minimum Gasteiger partial charge on any atom is -0.358 e. The van der Waals surface area contributed by atoms with E-state index in [0.717, 1.165) is 0 Å². The van der Waals surface area contributed by atoms with Crippen molar-refractivity contribution in [1.82, 2.24) is 24.1 Å². The SMILES string of the molecule is CNC(=O)[C@@H]1C[C@H]2CN(S(=O)(=O)c3cn(C)cn3)C[C@H]2N1C. The average molecular weight is 327 g/mol. The fraction of sp³-hybridized carbons (Fsp3) is 0.692. The van der Waals surface area contributed by atoms with Crippen LogP contribution in [0, 0.1) is 5.92 Å². The van der Waals surface area contributed by atoms with Crippen molar-refractivity contribution in [3.8, 4) is 0 Å². The molecule has 2 aliphatic rings. The average Bonchev–Trinajstić information content (AvgIpc) is 3.15. The van der Waals surface area contributed by atoms with Gasteiger partial charge in [0.1, 0.15) is 0 Å². The van der Waals surface area contributed by atoms with Gasteiger partial charge in [-0.2, -0.15) is 4.31 Å². The lowest BCUT2D eigenvalue weighted by Gasteiger charge is -2.25. The maximum absolute atomic E-state index is 12.6. The third-order valence-corrected chi connectivity index (χ3v) is 6.47. The van der Waals surface area contributed by atoms with E-state index in [2.05, 4.69) is 10.3 Å². The predicted octanol–water partition coefficient (Wildman–Crippen LogP) is -1.14. The number of aryl methyl sites for hydroxylation is 1. The van der Waals surface area contributed by atoms with E-state index in [9.17, 15) is 13.2 Å². The van der Waals surface area contributed by atoms with Gasteiger partial charge in [0, 0.05) is 39.4 Å². The third kappa shape index (κ3) is 2.33.